The number of nitrogens with zero attached hydrogens (tertiary/aromatic N) is 2. The fraction of sp³-hybridized carbons (Fsp3) is 0.700. The Labute approximate surface area is 102 Å². The molecule has 1 saturated heterocycles. The van der Waals surface area contributed by atoms with Crippen molar-refractivity contribution in [2.24, 2.45) is 0 Å². The Balaban J connectivity index is 1.93. The number of aromatic nitrogens is 2. The lowest BCUT2D eigenvalue weighted by atomic mass is 10.2. The predicted octanol–water partition coefficient (Wildman–Crippen LogP) is 0.620. The van der Waals surface area contributed by atoms with Gasteiger partial charge in [-0.2, -0.15) is 22.5 Å². The van der Waals surface area contributed by atoms with Gasteiger partial charge in [0.05, 0.1) is 6.20 Å². The van der Waals surface area contributed by atoms with Crippen molar-refractivity contribution >= 4 is 10.2 Å². The zero-order valence-electron chi connectivity index (χ0n) is 9.72. The number of hydrogen-bond acceptors (Lipinski definition) is 3. The number of rotatable bonds is 4. The summed E-state index contributed by atoms with van der Waals surface area (Å²) in [7, 11) is -3.34. The SMILES string of the molecule is O=S(=O)(NCc1cn[nH]c1)N1CCCCCC1. The van der Waals surface area contributed by atoms with E-state index in [1.165, 1.54) is 0 Å². The van der Waals surface area contributed by atoms with Gasteiger partial charge >= 0.3 is 0 Å². The van der Waals surface area contributed by atoms with Gasteiger partial charge in [-0.15, -0.1) is 0 Å². The van der Waals surface area contributed by atoms with E-state index in [2.05, 4.69) is 14.9 Å². The van der Waals surface area contributed by atoms with Crippen molar-refractivity contribution in [1.82, 2.24) is 19.2 Å². The summed E-state index contributed by atoms with van der Waals surface area (Å²) >= 11 is 0. The monoisotopic (exact) mass is 258 g/mol. The largest absolute Gasteiger partial charge is 0.285 e. The molecular formula is C10H18N4O2S. The van der Waals surface area contributed by atoms with E-state index in [4.69, 9.17) is 0 Å². The summed E-state index contributed by atoms with van der Waals surface area (Å²) in [4.78, 5) is 0. The van der Waals surface area contributed by atoms with Crippen LogP contribution in [0.15, 0.2) is 12.4 Å². The Bertz CT molecular complexity index is 421. The lowest BCUT2D eigenvalue weighted by Gasteiger charge is -2.19. The first-order valence-electron chi connectivity index (χ1n) is 5.91. The van der Waals surface area contributed by atoms with E-state index in [1.54, 1.807) is 16.7 Å². The third kappa shape index (κ3) is 3.52. The van der Waals surface area contributed by atoms with E-state index >= 15 is 0 Å². The Kier molecular flexibility index (Phi) is 4.14. The summed E-state index contributed by atoms with van der Waals surface area (Å²) < 4.78 is 28.2. The van der Waals surface area contributed by atoms with E-state index in [9.17, 15) is 8.42 Å². The molecule has 0 amide bonds. The molecule has 0 aromatic carbocycles. The molecule has 96 valence electrons. The van der Waals surface area contributed by atoms with Gasteiger partial charge in [0, 0.05) is 31.4 Å². The fourth-order valence-corrected chi connectivity index (χ4v) is 3.19. The first kappa shape index (κ1) is 12.5. The van der Waals surface area contributed by atoms with Crippen molar-refractivity contribution in [2.45, 2.75) is 32.2 Å². The summed E-state index contributed by atoms with van der Waals surface area (Å²) in [6.45, 7) is 1.54. The smallest absolute Gasteiger partial charge is 0.279 e. The van der Waals surface area contributed by atoms with Crippen LogP contribution < -0.4 is 4.72 Å². The summed E-state index contributed by atoms with van der Waals surface area (Å²) in [5.41, 5.74) is 0.836. The molecule has 1 fully saturated rings. The normalized spacial score (nSPS) is 19.1. The highest BCUT2D eigenvalue weighted by Crippen LogP contribution is 2.12. The van der Waals surface area contributed by atoms with Gasteiger partial charge in [0.25, 0.3) is 10.2 Å². The molecule has 0 bridgehead atoms. The van der Waals surface area contributed by atoms with Crippen LogP contribution in [0.4, 0.5) is 0 Å². The van der Waals surface area contributed by atoms with Crippen molar-refractivity contribution in [3.05, 3.63) is 18.0 Å². The number of hydrogen-bond donors (Lipinski definition) is 2. The van der Waals surface area contributed by atoms with Crippen molar-refractivity contribution < 1.29 is 8.42 Å². The lowest BCUT2D eigenvalue weighted by molar-refractivity contribution is 0.414. The molecule has 0 atom stereocenters. The van der Waals surface area contributed by atoms with Crippen molar-refractivity contribution in [3.63, 3.8) is 0 Å². The van der Waals surface area contributed by atoms with E-state index < -0.39 is 10.2 Å². The van der Waals surface area contributed by atoms with Crippen LogP contribution in [0.5, 0.6) is 0 Å². The topological polar surface area (TPSA) is 78.1 Å². The first-order chi connectivity index (χ1) is 8.18. The van der Waals surface area contributed by atoms with Crippen LogP contribution in [0.2, 0.25) is 0 Å². The third-order valence-corrected chi connectivity index (χ3v) is 4.47. The Hall–Kier alpha value is -0.920. The molecule has 2 N–H and O–H groups in total. The highest BCUT2D eigenvalue weighted by Gasteiger charge is 2.22. The molecule has 17 heavy (non-hydrogen) atoms. The maximum atomic E-state index is 12.0. The van der Waals surface area contributed by atoms with Crippen LogP contribution in [0.1, 0.15) is 31.2 Å². The van der Waals surface area contributed by atoms with Gasteiger partial charge in [-0.25, -0.2) is 0 Å². The molecule has 7 heteroatoms. The van der Waals surface area contributed by atoms with Crippen molar-refractivity contribution in [1.29, 1.82) is 0 Å². The average Bonchev–Trinajstić information content (AvgIpc) is 2.66. The highest BCUT2D eigenvalue weighted by atomic mass is 32.2. The number of aromatic amines is 1. The van der Waals surface area contributed by atoms with Gasteiger partial charge in [0.1, 0.15) is 0 Å². The second kappa shape index (κ2) is 5.61. The maximum absolute atomic E-state index is 12.0. The quantitative estimate of drug-likeness (QED) is 0.831. The summed E-state index contributed by atoms with van der Waals surface area (Å²) in [6, 6.07) is 0. The number of nitrogens with one attached hydrogen (secondary N) is 2. The van der Waals surface area contributed by atoms with Gasteiger partial charge in [0.2, 0.25) is 0 Å². The molecule has 2 rings (SSSR count). The molecule has 0 saturated carbocycles. The van der Waals surface area contributed by atoms with Gasteiger partial charge in [0.15, 0.2) is 0 Å². The van der Waals surface area contributed by atoms with Gasteiger partial charge in [-0.05, 0) is 12.8 Å². The molecule has 1 aliphatic rings. The predicted molar refractivity (Wildman–Crippen MR) is 64.4 cm³/mol. The first-order valence-corrected chi connectivity index (χ1v) is 7.35. The van der Waals surface area contributed by atoms with E-state index in [1.807, 2.05) is 0 Å². The molecule has 1 aromatic rings. The summed E-state index contributed by atoms with van der Waals surface area (Å²) in [5, 5.41) is 6.43. The molecule has 0 aliphatic carbocycles. The van der Waals surface area contributed by atoms with Gasteiger partial charge < -0.3 is 0 Å². The fourth-order valence-electron chi connectivity index (χ4n) is 1.92. The average molecular weight is 258 g/mol. The van der Waals surface area contributed by atoms with Crippen LogP contribution in [0.25, 0.3) is 0 Å². The Morgan fingerprint density at radius 1 is 1.29 bits per heavy atom. The lowest BCUT2D eigenvalue weighted by Crippen LogP contribution is -2.40. The van der Waals surface area contributed by atoms with Crippen LogP contribution in [-0.2, 0) is 16.8 Å². The van der Waals surface area contributed by atoms with Crippen LogP contribution in [0, 0.1) is 0 Å². The van der Waals surface area contributed by atoms with Crippen LogP contribution in [0.3, 0.4) is 0 Å². The van der Waals surface area contributed by atoms with E-state index in [-0.39, 0.29) is 6.54 Å². The standard InChI is InChI=1S/C10H18N4O2S/c15-17(16,13-9-10-7-11-12-8-10)14-5-3-1-2-4-6-14/h7-8,13H,1-6,9H2,(H,11,12). The molecule has 0 unspecified atom stereocenters. The van der Waals surface area contributed by atoms with Gasteiger partial charge in [-0.1, -0.05) is 12.8 Å². The minimum absolute atomic E-state index is 0.287. The van der Waals surface area contributed by atoms with E-state index in [0.717, 1.165) is 31.2 Å². The second-order valence-electron chi connectivity index (χ2n) is 4.25. The minimum atomic E-state index is -3.34. The maximum Gasteiger partial charge on any atom is 0.279 e. The zero-order valence-corrected chi connectivity index (χ0v) is 10.5. The third-order valence-electron chi connectivity index (χ3n) is 2.92. The minimum Gasteiger partial charge on any atom is -0.285 e. The van der Waals surface area contributed by atoms with E-state index in [0.29, 0.717) is 13.1 Å². The Morgan fingerprint density at radius 2 is 2.00 bits per heavy atom. The molecule has 1 aromatic heterocycles. The van der Waals surface area contributed by atoms with Crippen LogP contribution in [-0.4, -0.2) is 36.0 Å². The molecule has 0 radical (unpaired) electrons. The zero-order chi connectivity index (χ0) is 12.1. The molecule has 6 nitrogen and oxygen atoms in total. The molecule has 1 aliphatic heterocycles. The van der Waals surface area contributed by atoms with Crippen molar-refractivity contribution in [3.8, 4) is 0 Å². The summed E-state index contributed by atoms with van der Waals surface area (Å²) in [5.74, 6) is 0. The van der Waals surface area contributed by atoms with Gasteiger partial charge in [-0.3, -0.25) is 5.10 Å². The van der Waals surface area contributed by atoms with Crippen LogP contribution >= 0.6 is 0 Å². The molecule has 2 heterocycles. The molecule has 0 spiro atoms. The Morgan fingerprint density at radius 3 is 2.59 bits per heavy atom. The molecular weight excluding hydrogens is 240 g/mol. The second-order valence-corrected chi connectivity index (χ2v) is 6.00. The van der Waals surface area contributed by atoms with Crippen molar-refractivity contribution in [2.75, 3.05) is 13.1 Å². The summed E-state index contributed by atoms with van der Waals surface area (Å²) in [6.07, 6.45) is 7.44. The highest BCUT2D eigenvalue weighted by molar-refractivity contribution is 7.87. The number of H-pyrrole nitrogens is 1.